The van der Waals surface area contributed by atoms with E-state index in [1.807, 2.05) is 17.4 Å². The average Bonchev–Trinajstić information content (AvgIpc) is 3.23. The van der Waals surface area contributed by atoms with E-state index in [1.54, 1.807) is 0 Å². The normalized spacial score (nSPS) is 14.5. The predicted molar refractivity (Wildman–Crippen MR) is 150 cm³/mol. The molecule has 0 atom stereocenters. The summed E-state index contributed by atoms with van der Waals surface area (Å²) < 4.78 is 3.65. The van der Waals surface area contributed by atoms with Gasteiger partial charge in [0.1, 0.15) is 4.70 Å². The molecule has 1 fully saturated rings. The van der Waals surface area contributed by atoms with Crippen molar-refractivity contribution >= 4 is 39.4 Å². The number of fused-ring (bicyclic) bond motifs is 1. The van der Waals surface area contributed by atoms with Gasteiger partial charge in [0, 0.05) is 44.0 Å². The van der Waals surface area contributed by atoms with E-state index in [9.17, 15) is 0 Å². The van der Waals surface area contributed by atoms with Crippen LogP contribution in [-0.2, 0) is 6.54 Å². The van der Waals surface area contributed by atoms with Gasteiger partial charge >= 0.3 is 0 Å². The van der Waals surface area contributed by atoms with Crippen molar-refractivity contribution in [3.63, 3.8) is 0 Å². The van der Waals surface area contributed by atoms with Crippen LogP contribution in [0.1, 0.15) is 56.0 Å². The van der Waals surface area contributed by atoms with Crippen LogP contribution in [0.2, 0.25) is 0 Å². The molecule has 0 aliphatic carbocycles. The summed E-state index contributed by atoms with van der Waals surface area (Å²) in [6.45, 7) is 13.0. The maximum atomic E-state index is 3.94. The zero-order valence-electron chi connectivity index (χ0n) is 21.2. The fourth-order valence-electron chi connectivity index (χ4n) is 4.80. The van der Waals surface area contributed by atoms with E-state index < -0.39 is 0 Å². The number of piperazine rings is 1. The monoisotopic (exact) mass is 553 g/mol. The van der Waals surface area contributed by atoms with Crippen molar-refractivity contribution in [3.8, 4) is 0 Å². The molecule has 2 heterocycles. The van der Waals surface area contributed by atoms with E-state index in [-0.39, 0.29) is 17.0 Å². The van der Waals surface area contributed by atoms with Crippen molar-refractivity contribution in [3.05, 3.63) is 71.8 Å². The highest BCUT2D eigenvalue weighted by atomic mass is 79.9. The summed E-state index contributed by atoms with van der Waals surface area (Å²) in [5.41, 5.74) is 3.87. The van der Waals surface area contributed by atoms with Crippen LogP contribution in [0.15, 0.2) is 61.2 Å². The number of allylic oxidation sites excluding steroid dienone is 1. The lowest BCUT2D eigenvalue weighted by atomic mass is 10.1. The van der Waals surface area contributed by atoms with Crippen molar-refractivity contribution < 1.29 is 21.5 Å². The smallest absolute Gasteiger partial charge is 0.263 e. The Morgan fingerprint density at radius 3 is 2.34 bits per heavy atom. The maximum absolute atomic E-state index is 3.94. The van der Waals surface area contributed by atoms with Crippen molar-refractivity contribution in [2.45, 2.75) is 52.0 Å². The summed E-state index contributed by atoms with van der Waals surface area (Å²) >= 11 is 1.83. The second kappa shape index (κ2) is 14.6. The number of hydrogen-bond acceptors (Lipinski definition) is 3. The summed E-state index contributed by atoms with van der Waals surface area (Å²) in [7, 11) is 0. The van der Waals surface area contributed by atoms with Crippen molar-refractivity contribution in [2.24, 2.45) is 0 Å². The minimum Gasteiger partial charge on any atom is -1.00 e. The van der Waals surface area contributed by atoms with Gasteiger partial charge in [-0.1, -0.05) is 81.2 Å². The molecule has 4 rings (SSSR count). The molecule has 0 amide bonds. The molecule has 0 spiro atoms. The number of halogens is 1. The first-order valence-corrected chi connectivity index (χ1v) is 13.9. The Bertz CT molecular complexity index is 1060. The molecule has 1 saturated heterocycles. The van der Waals surface area contributed by atoms with Crippen LogP contribution in [0.3, 0.4) is 0 Å². The Kier molecular flexibility index (Phi) is 11.5. The van der Waals surface area contributed by atoms with Crippen LogP contribution in [-0.4, -0.2) is 37.6 Å². The molecule has 0 saturated carbocycles. The summed E-state index contributed by atoms with van der Waals surface area (Å²) in [4.78, 5) is 5.19. The van der Waals surface area contributed by atoms with Gasteiger partial charge in [-0.3, -0.25) is 4.90 Å². The number of benzene rings is 2. The van der Waals surface area contributed by atoms with Gasteiger partial charge in [-0.05, 0) is 48.9 Å². The molecule has 5 heteroatoms. The van der Waals surface area contributed by atoms with Gasteiger partial charge < -0.3 is 21.9 Å². The number of hydrogen-bond donors (Lipinski definition) is 0. The highest BCUT2D eigenvalue weighted by Crippen LogP contribution is 2.23. The van der Waals surface area contributed by atoms with Crippen LogP contribution in [0.25, 0.3) is 22.4 Å². The Labute approximate surface area is 226 Å². The number of thiazole rings is 1. The second-order valence-electron chi connectivity index (χ2n) is 9.33. The lowest BCUT2D eigenvalue weighted by molar-refractivity contribution is -0.658. The largest absolute Gasteiger partial charge is 1.00 e. The van der Waals surface area contributed by atoms with E-state index >= 15 is 0 Å². The number of aromatic nitrogens is 1. The zero-order chi connectivity index (χ0) is 23.6. The number of rotatable bonds is 12. The first-order valence-electron chi connectivity index (χ1n) is 13.1. The summed E-state index contributed by atoms with van der Waals surface area (Å²) in [5.74, 6) is 0. The number of anilines is 1. The van der Waals surface area contributed by atoms with Gasteiger partial charge in [-0.2, -0.15) is 4.57 Å². The Balaban J connectivity index is 0.00000342. The quantitative estimate of drug-likeness (QED) is 0.190. The molecule has 0 bridgehead atoms. The molecule has 1 aromatic heterocycles. The van der Waals surface area contributed by atoms with Crippen LogP contribution in [0.4, 0.5) is 5.69 Å². The molecule has 1 aliphatic heterocycles. The fourth-order valence-corrected chi connectivity index (χ4v) is 5.88. The van der Waals surface area contributed by atoms with Gasteiger partial charge in [-0.15, -0.1) is 0 Å². The molecule has 35 heavy (non-hydrogen) atoms. The number of nitrogens with zero attached hydrogens (tertiary/aromatic N) is 3. The highest BCUT2D eigenvalue weighted by molar-refractivity contribution is 7.18. The molecule has 3 nitrogen and oxygen atoms in total. The molecule has 0 unspecified atom stereocenters. The summed E-state index contributed by atoms with van der Waals surface area (Å²) in [5, 5.41) is 1.26. The first-order chi connectivity index (χ1) is 16.8. The lowest BCUT2D eigenvalue weighted by Crippen LogP contribution is -3.00. The van der Waals surface area contributed by atoms with E-state index in [4.69, 9.17) is 0 Å². The molecule has 188 valence electrons. The van der Waals surface area contributed by atoms with Gasteiger partial charge in [0.15, 0.2) is 6.54 Å². The molecule has 2 aromatic carbocycles. The van der Waals surface area contributed by atoms with Crippen LogP contribution < -0.4 is 26.4 Å². The van der Waals surface area contributed by atoms with Crippen LogP contribution in [0, 0.1) is 0 Å². The third kappa shape index (κ3) is 7.77. The lowest BCUT2D eigenvalue weighted by Gasteiger charge is -2.36. The maximum Gasteiger partial charge on any atom is 0.263 e. The first kappa shape index (κ1) is 27.6. The van der Waals surface area contributed by atoms with Crippen LogP contribution in [0.5, 0.6) is 0 Å². The summed E-state index contributed by atoms with van der Waals surface area (Å²) in [6.07, 6.45) is 14.7. The van der Waals surface area contributed by atoms with Gasteiger partial charge in [0.25, 0.3) is 5.01 Å². The third-order valence-electron chi connectivity index (χ3n) is 6.83. The van der Waals surface area contributed by atoms with Crippen molar-refractivity contribution in [1.82, 2.24) is 4.90 Å². The van der Waals surface area contributed by atoms with Gasteiger partial charge in [-0.25, -0.2) is 0 Å². The Morgan fingerprint density at radius 1 is 0.886 bits per heavy atom. The van der Waals surface area contributed by atoms with Crippen LogP contribution >= 0.6 is 11.3 Å². The molecular formula is C30H40BrN3S. The number of unbranched alkanes of at least 4 members (excludes halogenated alkanes) is 5. The molecular weight excluding hydrogens is 514 g/mol. The van der Waals surface area contributed by atoms with Crippen molar-refractivity contribution in [2.75, 3.05) is 37.6 Å². The average molecular weight is 555 g/mol. The fraction of sp³-hybridized carbons (Fsp3) is 0.433. The Hall–Kier alpha value is -1.95. The predicted octanol–water partition coefficient (Wildman–Crippen LogP) is 4.03. The van der Waals surface area contributed by atoms with Gasteiger partial charge in [0.05, 0.1) is 0 Å². The SMILES string of the molecule is C=CC[n+]1c(/C=C/c2ccc(N3CCN(CCCCCCCC)CC3)cc2)sc2ccccc21.[Br-]. The minimum atomic E-state index is 0. The molecule has 1 aliphatic rings. The molecule has 3 aromatic rings. The molecule has 0 radical (unpaired) electrons. The van der Waals surface area contributed by atoms with E-state index in [1.165, 1.54) is 84.6 Å². The topological polar surface area (TPSA) is 10.4 Å². The van der Waals surface area contributed by atoms with E-state index in [0.717, 1.165) is 19.6 Å². The highest BCUT2D eigenvalue weighted by Gasteiger charge is 2.18. The summed E-state index contributed by atoms with van der Waals surface area (Å²) in [6, 6.07) is 17.7. The van der Waals surface area contributed by atoms with E-state index in [0.29, 0.717) is 0 Å². The third-order valence-corrected chi connectivity index (χ3v) is 7.96. The number of para-hydroxylation sites is 1. The van der Waals surface area contributed by atoms with Gasteiger partial charge in [0.2, 0.25) is 5.52 Å². The zero-order valence-corrected chi connectivity index (χ0v) is 23.6. The second-order valence-corrected chi connectivity index (χ2v) is 10.4. The standard InChI is InChI=1S/C30H40N3S.BrH/c1-3-5-6-7-8-11-21-31-22-24-32(25-23-31)27-17-14-26(15-18-27)16-19-30-33(20-4-2)28-12-9-10-13-29(28)34-30;/h4,9-10,12-19H,2-3,5-8,11,20-25H2,1H3;1H/q+1;/p-1. The molecule has 0 N–H and O–H groups in total. The minimum absolute atomic E-state index is 0. The van der Waals surface area contributed by atoms with Crippen molar-refractivity contribution in [1.29, 1.82) is 0 Å². The van der Waals surface area contributed by atoms with E-state index in [2.05, 4.69) is 88.6 Å². The Morgan fingerprint density at radius 2 is 1.60 bits per heavy atom.